The van der Waals surface area contributed by atoms with Gasteiger partial charge in [-0.2, -0.15) is 4.31 Å². The first-order valence-electron chi connectivity index (χ1n) is 6.70. The lowest BCUT2D eigenvalue weighted by atomic mass is 10.1. The minimum atomic E-state index is -3.74. The van der Waals surface area contributed by atoms with Crippen molar-refractivity contribution < 1.29 is 18.3 Å². The lowest BCUT2D eigenvalue weighted by Crippen LogP contribution is -2.34. The largest absolute Gasteiger partial charge is 0.478 e. The zero-order chi connectivity index (χ0) is 15.9. The molecule has 116 valence electrons. The molecule has 1 heterocycles. The van der Waals surface area contributed by atoms with E-state index in [0.717, 1.165) is 6.42 Å². The number of halogens is 1. The molecule has 2 rings (SSSR count). The fourth-order valence-electron chi connectivity index (χ4n) is 2.87. The quantitative estimate of drug-likeness (QED) is 0.924. The number of carboxylic acid groups (broad SMARTS) is 1. The van der Waals surface area contributed by atoms with Gasteiger partial charge in [0.05, 0.1) is 10.5 Å². The number of sulfonamides is 1. The van der Waals surface area contributed by atoms with Gasteiger partial charge in [0.25, 0.3) is 0 Å². The van der Waals surface area contributed by atoms with Crippen LogP contribution in [0.25, 0.3) is 0 Å². The molecule has 2 unspecified atom stereocenters. The van der Waals surface area contributed by atoms with Gasteiger partial charge in [-0.05, 0) is 43.9 Å². The van der Waals surface area contributed by atoms with Gasteiger partial charge in [-0.1, -0.05) is 18.5 Å². The number of hydrogen-bond acceptors (Lipinski definition) is 3. The van der Waals surface area contributed by atoms with Crippen molar-refractivity contribution >= 4 is 27.6 Å². The number of aromatic carboxylic acids is 1. The topological polar surface area (TPSA) is 74.7 Å². The summed E-state index contributed by atoms with van der Waals surface area (Å²) < 4.78 is 27.1. The molecule has 1 aliphatic heterocycles. The van der Waals surface area contributed by atoms with Gasteiger partial charge in [-0.15, -0.1) is 0 Å². The van der Waals surface area contributed by atoms with E-state index in [1.165, 1.54) is 23.4 Å². The lowest BCUT2D eigenvalue weighted by molar-refractivity contribution is 0.0696. The van der Waals surface area contributed by atoms with E-state index in [2.05, 4.69) is 0 Å². The summed E-state index contributed by atoms with van der Waals surface area (Å²) in [5.74, 6) is -0.900. The van der Waals surface area contributed by atoms with Crippen LogP contribution in [0.4, 0.5) is 0 Å². The molecule has 1 aromatic carbocycles. The third kappa shape index (κ3) is 2.93. The zero-order valence-corrected chi connectivity index (χ0v) is 13.7. The van der Waals surface area contributed by atoms with E-state index in [0.29, 0.717) is 6.54 Å². The van der Waals surface area contributed by atoms with Gasteiger partial charge >= 0.3 is 5.97 Å². The van der Waals surface area contributed by atoms with Crippen molar-refractivity contribution in [2.24, 2.45) is 5.92 Å². The van der Waals surface area contributed by atoms with Crippen LogP contribution in [0.5, 0.6) is 0 Å². The van der Waals surface area contributed by atoms with Gasteiger partial charge in [-0.3, -0.25) is 0 Å². The molecule has 1 N–H and O–H groups in total. The number of benzene rings is 1. The fourth-order valence-corrected chi connectivity index (χ4v) is 5.19. The van der Waals surface area contributed by atoms with E-state index >= 15 is 0 Å². The summed E-state index contributed by atoms with van der Waals surface area (Å²) in [5.41, 5.74) is 0.139. The average molecular weight is 332 g/mol. The van der Waals surface area contributed by atoms with Crippen LogP contribution < -0.4 is 0 Å². The maximum absolute atomic E-state index is 12.8. The van der Waals surface area contributed by atoms with Crippen molar-refractivity contribution in [1.82, 2.24) is 4.31 Å². The first kappa shape index (κ1) is 16.3. The van der Waals surface area contributed by atoms with Crippen molar-refractivity contribution in [2.45, 2.75) is 38.1 Å². The Kier molecular flexibility index (Phi) is 4.33. The SMILES string of the molecule is Cc1c(C(=O)O)cc(Cl)cc1S(=O)(=O)N1CC(C)CC1C. The van der Waals surface area contributed by atoms with E-state index in [4.69, 9.17) is 11.6 Å². The summed E-state index contributed by atoms with van der Waals surface area (Å²) in [5, 5.41) is 9.28. The van der Waals surface area contributed by atoms with Gasteiger partial charge < -0.3 is 5.11 Å². The Bertz CT molecular complexity index is 686. The summed E-state index contributed by atoms with van der Waals surface area (Å²) in [7, 11) is -3.74. The van der Waals surface area contributed by atoms with E-state index in [1.54, 1.807) is 0 Å². The molecule has 1 fully saturated rings. The first-order chi connectivity index (χ1) is 9.64. The molecule has 2 atom stereocenters. The Morgan fingerprint density at radius 1 is 1.38 bits per heavy atom. The van der Waals surface area contributed by atoms with Crippen LogP contribution >= 0.6 is 11.6 Å². The number of rotatable bonds is 3. The highest BCUT2D eigenvalue weighted by molar-refractivity contribution is 7.89. The monoisotopic (exact) mass is 331 g/mol. The van der Waals surface area contributed by atoms with Crippen LogP contribution in [0.1, 0.15) is 36.2 Å². The molecule has 0 amide bonds. The smallest absolute Gasteiger partial charge is 0.336 e. The summed E-state index contributed by atoms with van der Waals surface area (Å²) >= 11 is 5.90. The van der Waals surface area contributed by atoms with Gasteiger partial charge in [0.2, 0.25) is 10.0 Å². The summed E-state index contributed by atoms with van der Waals surface area (Å²) in [6, 6.07) is 2.50. The molecule has 0 spiro atoms. The van der Waals surface area contributed by atoms with E-state index in [1.807, 2.05) is 13.8 Å². The molecule has 0 bridgehead atoms. The van der Waals surface area contributed by atoms with E-state index < -0.39 is 16.0 Å². The van der Waals surface area contributed by atoms with Crippen LogP contribution in [0.3, 0.4) is 0 Å². The maximum Gasteiger partial charge on any atom is 0.336 e. The van der Waals surface area contributed by atoms with Crippen molar-refractivity contribution in [1.29, 1.82) is 0 Å². The molecule has 7 heteroatoms. The minimum Gasteiger partial charge on any atom is -0.478 e. The van der Waals surface area contributed by atoms with Gasteiger partial charge in [0.1, 0.15) is 0 Å². The zero-order valence-electron chi connectivity index (χ0n) is 12.1. The third-order valence-corrected chi connectivity index (χ3v) is 6.19. The summed E-state index contributed by atoms with van der Waals surface area (Å²) in [6.07, 6.45) is 0.796. The van der Waals surface area contributed by atoms with Crippen LogP contribution in [0.2, 0.25) is 5.02 Å². The molecule has 0 saturated carbocycles. The molecule has 0 aromatic heterocycles. The summed E-state index contributed by atoms with van der Waals surface area (Å²) in [6.45, 7) is 5.80. The second-order valence-corrected chi connectivity index (χ2v) is 7.94. The van der Waals surface area contributed by atoms with Gasteiger partial charge in [-0.25, -0.2) is 13.2 Å². The van der Waals surface area contributed by atoms with Crippen molar-refractivity contribution in [3.8, 4) is 0 Å². The van der Waals surface area contributed by atoms with Gasteiger partial charge in [0, 0.05) is 17.6 Å². The van der Waals surface area contributed by atoms with Crippen LogP contribution in [-0.2, 0) is 10.0 Å². The van der Waals surface area contributed by atoms with Crippen molar-refractivity contribution in [3.05, 3.63) is 28.3 Å². The lowest BCUT2D eigenvalue weighted by Gasteiger charge is -2.22. The molecule has 0 radical (unpaired) electrons. The summed E-state index contributed by atoms with van der Waals surface area (Å²) in [4.78, 5) is 11.2. The number of carbonyl (C=O) groups is 1. The highest BCUT2D eigenvalue weighted by Gasteiger charge is 2.37. The number of nitrogens with zero attached hydrogens (tertiary/aromatic N) is 1. The van der Waals surface area contributed by atoms with Crippen molar-refractivity contribution in [2.75, 3.05) is 6.54 Å². The maximum atomic E-state index is 12.8. The highest BCUT2D eigenvalue weighted by atomic mass is 35.5. The van der Waals surface area contributed by atoms with Crippen LogP contribution in [0, 0.1) is 12.8 Å². The fraction of sp³-hybridized carbons (Fsp3) is 0.500. The Morgan fingerprint density at radius 3 is 2.48 bits per heavy atom. The Morgan fingerprint density at radius 2 is 2.00 bits per heavy atom. The molecule has 1 aromatic rings. The Labute approximate surface area is 129 Å². The normalized spacial score (nSPS) is 23.4. The number of carboxylic acids is 1. The van der Waals surface area contributed by atoms with Crippen LogP contribution in [0.15, 0.2) is 17.0 Å². The molecule has 5 nitrogen and oxygen atoms in total. The first-order valence-corrected chi connectivity index (χ1v) is 8.51. The molecular formula is C14H18ClNO4S. The van der Waals surface area contributed by atoms with Crippen molar-refractivity contribution in [3.63, 3.8) is 0 Å². The highest BCUT2D eigenvalue weighted by Crippen LogP contribution is 2.32. The van der Waals surface area contributed by atoms with E-state index in [9.17, 15) is 18.3 Å². The number of hydrogen-bond donors (Lipinski definition) is 1. The molecule has 0 aliphatic carbocycles. The van der Waals surface area contributed by atoms with Gasteiger partial charge in [0.15, 0.2) is 0 Å². The minimum absolute atomic E-state index is 0.0200. The molecule has 21 heavy (non-hydrogen) atoms. The predicted molar refractivity (Wildman–Crippen MR) is 80.3 cm³/mol. The third-order valence-electron chi connectivity index (χ3n) is 3.87. The predicted octanol–water partition coefficient (Wildman–Crippen LogP) is 2.77. The molecular weight excluding hydrogens is 314 g/mol. The standard InChI is InChI=1S/C14H18ClNO4S/c1-8-4-9(2)16(7-8)21(19,20)13-6-11(15)5-12(10(13)3)14(17)18/h5-6,8-9H,4,7H2,1-3H3,(H,17,18). The second kappa shape index (κ2) is 5.59. The Hall–Kier alpha value is -1.11. The average Bonchev–Trinajstić information content (AvgIpc) is 2.71. The second-order valence-electron chi connectivity index (χ2n) is 5.65. The van der Waals surface area contributed by atoms with Crippen LogP contribution in [-0.4, -0.2) is 36.4 Å². The molecule has 1 aliphatic rings. The Balaban J connectivity index is 2.58. The van der Waals surface area contributed by atoms with E-state index in [-0.39, 0.29) is 33.0 Å². The molecule has 1 saturated heterocycles.